The Morgan fingerprint density at radius 2 is 2.42 bits per heavy atom. The van der Waals surface area contributed by atoms with Crippen molar-refractivity contribution in [2.75, 3.05) is 5.32 Å². The lowest BCUT2D eigenvalue weighted by atomic mass is 10.1. The molecule has 0 radical (unpaired) electrons. The third kappa shape index (κ3) is 2.06. The lowest BCUT2D eigenvalue weighted by Crippen LogP contribution is -2.45. The molecule has 0 spiro atoms. The first-order valence-corrected chi connectivity index (χ1v) is 3.49. The van der Waals surface area contributed by atoms with Crippen LogP contribution in [0.15, 0.2) is 17.0 Å². The second-order valence-corrected chi connectivity index (χ2v) is 3.04. The fourth-order valence-corrected chi connectivity index (χ4v) is 0.550. The van der Waals surface area contributed by atoms with Crippen molar-refractivity contribution in [1.82, 2.24) is 4.98 Å². The first-order chi connectivity index (χ1) is 5.50. The van der Waals surface area contributed by atoms with Gasteiger partial charge in [0, 0.05) is 0 Å². The number of hydrogen-bond acceptors (Lipinski definition) is 4. The number of carbonyl (C=O) groups excluding carboxylic acids is 1. The third-order valence-electron chi connectivity index (χ3n) is 1.25. The van der Waals surface area contributed by atoms with Gasteiger partial charge < -0.3 is 10.2 Å². The molecule has 0 saturated carbocycles. The average molecular weight is 169 g/mol. The summed E-state index contributed by atoms with van der Waals surface area (Å²) >= 11 is 0. The summed E-state index contributed by atoms with van der Waals surface area (Å²) in [6.45, 7) is 3.22. The topological polar surface area (TPSA) is 81.2 Å². The minimum absolute atomic E-state index is 0.304. The van der Waals surface area contributed by atoms with Gasteiger partial charge >= 0.3 is 0 Å². The maximum atomic E-state index is 11.2. The fourth-order valence-electron chi connectivity index (χ4n) is 0.550. The normalized spacial score (nSPS) is 11.2. The van der Waals surface area contributed by atoms with Crippen LogP contribution in [0.5, 0.6) is 0 Å². The molecule has 0 atom stereocenters. The Hall–Kier alpha value is -1.36. The summed E-state index contributed by atoms with van der Waals surface area (Å²) in [4.78, 5) is 14.8. The van der Waals surface area contributed by atoms with E-state index in [9.17, 15) is 4.79 Å². The van der Waals surface area contributed by atoms with Crippen LogP contribution < -0.4 is 11.1 Å². The zero-order chi connectivity index (χ0) is 9.19. The van der Waals surface area contributed by atoms with Crippen LogP contribution in [-0.2, 0) is 4.79 Å². The van der Waals surface area contributed by atoms with E-state index in [2.05, 4.69) is 10.3 Å². The summed E-state index contributed by atoms with van der Waals surface area (Å²) < 4.78 is 4.80. The molecule has 3 N–H and O–H groups in total. The van der Waals surface area contributed by atoms with Crippen molar-refractivity contribution in [3.63, 3.8) is 0 Å². The van der Waals surface area contributed by atoms with E-state index >= 15 is 0 Å². The van der Waals surface area contributed by atoms with E-state index in [4.69, 9.17) is 10.2 Å². The molecule has 0 unspecified atom stereocenters. The summed E-state index contributed by atoms with van der Waals surface area (Å²) in [5.41, 5.74) is 4.61. The van der Waals surface area contributed by atoms with Crippen LogP contribution in [0.2, 0.25) is 0 Å². The van der Waals surface area contributed by atoms with Crippen LogP contribution in [0.3, 0.4) is 0 Å². The van der Waals surface area contributed by atoms with Gasteiger partial charge in [-0.25, -0.2) is 4.98 Å². The lowest BCUT2D eigenvalue weighted by Gasteiger charge is -2.15. The lowest BCUT2D eigenvalue weighted by molar-refractivity contribution is -0.120. The minimum Gasteiger partial charge on any atom is -0.428 e. The van der Waals surface area contributed by atoms with Crippen molar-refractivity contribution in [3.05, 3.63) is 12.6 Å². The van der Waals surface area contributed by atoms with E-state index in [1.807, 2.05) is 0 Å². The third-order valence-corrected chi connectivity index (χ3v) is 1.25. The highest BCUT2D eigenvalue weighted by Gasteiger charge is 2.22. The van der Waals surface area contributed by atoms with Gasteiger partial charge in [-0.15, -0.1) is 0 Å². The average Bonchev–Trinajstić information content (AvgIpc) is 2.37. The van der Waals surface area contributed by atoms with Crippen molar-refractivity contribution in [2.45, 2.75) is 19.4 Å². The zero-order valence-electron chi connectivity index (χ0n) is 7.00. The quantitative estimate of drug-likeness (QED) is 0.669. The molecule has 0 aliphatic rings. The van der Waals surface area contributed by atoms with Gasteiger partial charge in [0.05, 0.1) is 11.7 Å². The Morgan fingerprint density at radius 3 is 2.83 bits per heavy atom. The van der Waals surface area contributed by atoms with E-state index in [0.717, 1.165) is 0 Å². The van der Waals surface area contributed by atoms with Crippen LogP contribution in [-0.4, -0.2) is 16.4 Å². The summed E-state index contributed by atoms with van der Waals surface area (Å²) in [5.74, 6) is -0.00206. The Bertz CT molecular complexity index is 261. The van der Waals surface area contributed by atoms with Gasteiger partial charge in [0.1, 0.15) is 0 Å². The maximum absolute atomic E-state index is 11.2. The molecule has 66 valence electrons. The highest BCUT2D eigenvalue weighted by Crippen LogP contribution is 2.07. The van der Waals surface area contributed by atoms with E-state index < -0.39 is 5.54 Å². The van der Waals surface area contributed by atoms with Crippen LogP contribution in [0.25, 0.3) is 0 Å². The number of nitrogens with two attached hydrogens (primary N) is 1. The molecule has 0 aromatic carbocycles. The van der Waals surface area contributed by atoms with Crippen LogP contribution >= 0.6 is 0 Å². The van der Waals surface area contributed by atoms with Crippen LogP contribution in [0, 0.1) is 0 Å². The summed E-state index contributed by atoms with van der Waals surface area (Å²) in [5, 5.41) is 2.47. The van der Waals surface area contributed by atoms with Gasteiger partial charge in [0.2, 0.25) is 11.8 Å². The molecule has 0 saturated heterocycles. The molecule has 0 aliphatic carbocycles. The molecule has 5 heteroatoms. The molecule has 1 amide bonds. The molecule has 1 aromatic heterocycles. The summed E-state index contributed by atoms with van der Waals surface area (Å²) in [6.07, 6.45) is 2.64. The number of anilines is 1. The smallest absolute Gasteiger partial charge is 0.246 e. The Kier molecular flexibility index (Phi) is 2.14. The molecule has 0 aliphatic heterocycles. The number of nitrogens with zero attached hydrogens (tertiary/aromatic N) is 1. The molecular formula is C7H11N3O2. The second kappa shape index (κ2) is 2.94. The number of oxazole rings is 1. The van der Waals surface area contributed by atoms with Gasteiger partial charge in [0.15, 0.2) is 6.39 Å². The second-order valence-electron chi connectivity index (χ2n) is 3.04. The van der Waals surface area contributed by atoms with Gasteiger partial charge in [-0.05, 0) is 13.8 Å². The molecule has 1 aromatic rings. The van der Waals surface area contributed by atoms with Gasteiger partial charge in [-0.3, -0.25) is 10.1 Å². The molecule has 5 nitrogen and oxygen atoms in total. The fraction of sp³-hybridized carbons (Fsp3) is 0.429. The van der Waals surface area contributed by atoms with Gasteiger partial charge in [0.25, 0.3) is 0 Å². The van der Waals surface area contributed by atoms with Crippen molar-refractivity contribution >= 4 is 11.8 Å². The molecule has 1 heterocycles. The largest absolute Gasteiger partial charge is 0.428 e. The number of hydrogen-bond donors (Lipinski definition) is 2. The first-order valence-electron chi connectivity index (χ1n) is 3.49. The van der Waals surface area contributed by atoms with E-state index in [-0.39, 0.29) is 5.91 Å². The Morgan fingerprint density at radius 1 is 1.75 bits per heavy atom. The number of nitrogens with one attached hydrogen (secondary N) is 1. The predicted octanol–water partition coefficient (Wildman–Crippen LogP) is 0.350. The summed E-state index contributed by atoms with van der Waals surface area (Å²) in [6, 6.07) is 0. The van der Waals surface area contributed by atoms with E-state index in [1.54, 1.807) is 13.8 Å². The monoisotopic (exact) mass is 169 g/mol. The standard InChI is InChI=1S/C7H11N3O2/c1-7(2,8)6(11)10-5-3-9-4-12-5/h3-4H,8H2,1-2H3,(H,10,11). The molecular weight excluding hydrogens is 158 g/mol. The first kappa shape index (κ1) is 8.73. The Balaban J connectivity index is 2.60. The molecule has 1 rings (SSSR count). The van der Waals surface area contributed by atoms with Gasteiger partial charge in [-0.2, -0.15) is 0 Å². The van der Waals surface area contributed by atoms with Crippen molar-refractivity contribution in [2.24, 2.45) is 5.73 Å². The SMILES string of the molecule is CC(C)(N)C(=O)Nc1cnco1. The molecule has 0 bridgehead atoms. The van der Waals surface area contributed by atoms with Crippen molar-refractivity contribution < 1.29 is 9.21 Å². The van der Waals surface area contributed by atoms with Crippen molar-refractivity contribution in [3.8, 4) is 0 Å². The molecule has 12 heavy (non-hydrogen) atoms. The van der Waals surface area contributed by atoms with E-state index in [0.29, 0.717) is 5.88 Å². The van der Waals surface area contributed by atoms with Crippen molar-refractivity contribution in [1.29, 1.82) is 0 Å². The Labute approximate surface area is 70.0 Å². The van der Waals surface area contributed by atoms with Crippen LogP contribution in [0.4, 0.5) is 5.88 Å². The van der Waals surface area contributed by atoms with Gasteiger partial charge in [-0.1, -0.05) is 0 Å². The van der Waals surface area contributed by atoms with Crippen LogP contribution in [0.1, 0.15) is 13.8 Å². The highest BCUT2D eigenvalue weighted by atomic mass is 16.4. The predicted molar refractivity (Wildman–Crippen MR) is 43.4 cm³/mol. The highest BCUT2D eigenvalue weighted by molar-refractivity contribution is 5.96. The number of rotatable bonds is 2. The zero-order valence-corrected chi connectivity index (χ0v) is 7.00. The molecule has 0 fully saturated rings. The number of amides is 1. The maximum Gasteiger partial charge on any atom is 0.246 e. The summed E-state index contributed by atoms with van der Waals surface area (Å²) in [7, 11) is 0. The van der Waals surface area contributed by atoms with E-state index in [1.165, 1.54) is 12.6 Å². The number of carbonyl (C=O) groups is 1. The minimum atomic E-state index is -0.910. The number of aromatic nitrogens is 1.